The largest absolute Gasteiger partial charge is 0.493 e. The van der Waals surface area contributed by atoms with Gasteiger partial charge in [0.15, 0.2) is 11.5 Å². The molecule has 2 aliphatic carbocycles. The Labute approximate surface area is 172 Å². The molecular formula is C22H30N4O3. The van der Waals surface area contributed by atoms with Gasteiger partial charge in [0.05, 0.1) is 32.1 Å². The molecule has 0 spiro atoms. The summed E-state index contributed by atoms with van der Waals surface area (Å²) in [6, 6.07) is 7.77. The van der Waals surface area contributed by atoms with Crippen molar-refractivity contribution in [2.75, 3.05) is 19.5 Å². The van der Waals surface area contributed by atoms with E-state index in [-0.39, 0.29) is 12.1 Å². The van der Waals surface area contributed by atoms with E-state index < -0.39 is 0 Å². The van der Waals surface area contributed by atoms with E-state index in [1.54, 1.807) is 14.2 Å². The van der Waals surface area contributed by atoms with E-state index in [0.29, 0.717) is 29.6 Å². The molecule has 0 atom stereocenters. The van der Waals surface area contributed by atoms with E-state index in [4.69, 9.17) is 9.47 Å². The fourth-order valence-corrected chi connectivity index (χ4v) is 4.31. The maximum atomic E-state index is 13.3. The summed E-state index contributed by atoms with van der Waals surface area (Å²) in [6.45, 7) is 0.517. The molecule has 1 aromatic carbocycles. The lowest BCUT2D eigenvalue weighted by atomic mass is 10.2. The summed E-state index contributed by atoms with van der Waals surface area (Å²) >= 11 is 0. The van der Waals surface area contributed by atoms with Gasteiger partial charge in [-0.25, -0.2) is 4.79 Å². The molecule has 2 aromatic rings. The average molecular weight is 399 g/mol. The number of carbonyl (C=O) groups is 1. The number of aromatic nitrogens is 2. The van der Waals surface area contributed by atoms with Crippen molar-refractivity contribution < 1.29 is 14.3 Å². The molecule has 0 saturated heterocycles. The maximum Gasteiger partial charge on any atom is 0.322 e. The molecule has 2 aliphatic rings. The van der Waals surface area contributed by atoms with Crippen LogP contribution in [-0.2, 0) is 13.6 Å². The minimum Gasteiger partial charge on any atom is -0.493 e. The molecule has 29 heavy (non-hydrogen) atoms. The van der Waals surface area contributed by atoms with Crippen molar-refractivity contribution in [1.29, 1.82) is 0 Å². The molecule has 4 rings (SSSR count). The lowest BCUT2D eigenvalue weighted by Gasteiger charge is -2.29. The van der Waals surface area contributed by atoms with Gasteiger partial charge in [-0.2, -0.15) is 5.10 Å². The summed E-state index contributed by atoms with van der Waals surface area (Å²) in [5.74, 6) is 1.76. The van der Waals surface area contributed by atoms with Gasteiger partial charge in [0.2, 0.25) is 0 Å². The first-order chi connectivity index (χ1) is 14.1. The molecule has 1 heterocycles. The zero-order valence-electron chi connectivity index (χ0n) is 17.5. The molecule has 0 aliphatic heterocycles. The molecule has 1 aromatic heterocycles. The van der Waals surface area contributed by atoms with E-state index in [2.05, 4.69) is 16.5 Å². The van der Waals surface area contributed by atoms with Crippen LogP contribution < -0.4 is 14.8 Å². The van der Waals surface area contributed by atoms with Gasteiger partial charge in [0, 0.05) is 24.7 Å². The van der Waals surface area contributed by atoms with Crippen LogP contribution in [-0.4, -0.2) is 41.0 Å². The second-order valence-corrected chi connectivity index (χ2v) is 8.00. The number of ether oxygens (including phenoxy) is 2. The van der Waals surface area contributed by atoms with Gasteiger partial charge in [-0.05, 0) is 43.9 Å². The molecule has 156 valence electrons. The number of carbonyl (C=O) groups excluding carboxylic acids is 1. The van der Waals surface area contributed by atoms with Crippen LogP contribution >= 0.6 is 0 Å². The van der Waals surface area contributed by atoms with E-state index in [1.165, 1.54) is 18.5 Å². The number of aryl methyl sites for hydroxylation is 1. The Morgan fingerprint density at radius 3 is 2.62 bits per heavy atom. The summed E-state index contributed by atoms with van der Waals surface area (Å²) in [6.07, 6.45) is 6.86. The standard InChI is InChI=1S/C22H30N4O3/c1-25-19(15-11-12-15)13-16(24-25)14-26(17-7-4-5-8-17)22(27)23-18-9-6-10-20(28-2)21(18)29-3/h6,9-10,13,15,17H,4-5,7-8,11-12,14H2,1-3H3,(H,23,27). The molecule has 0 bridgehead atoms. The lowest BCUT2D eigenvalue weighted by Crippen LogP contribution is -2.41. The van der Waals surface area contributed by atoms with Gasteiger partial charge in [0.1, 0.15) is 0 Å². The SMILES string of the molecule is COc1cccc(NC(=O)N(Cc2cc(C3CC3)n(C)n2)C2CCCC2)c1OC. The Bertz CT molecular complexity index is 869. The number of para-hydroxylation sites is 1. The zero-order valence-corrected chi connectivity index (χ0v) is 17.5. The van der Waals surface area contributed by atoms with Crippen LogP contribution in [0, 0.1) is 0 Å². The Kier molecular flexibility index (Phi) is 5.65. The first-order valence-corrected chi connectivity index (χ1v) is 10.4. The fraction of sp³-hybridized carbons (Fsp3) is 0.545. The van der Waals surface area contributed by atoms with E-state index in [1.807, 2.05) is 34.8 Å². The molecule has 2 fully saturated rings. The first kappa shape index (κ1) is 19.6. The average Bonchev–Trinajstić information content (AvgIpc) is 3.28. The smallest absolute Gasteiger partial charge is 0.322 e. The highest BCUT2D eigenvalue weighted by atomic mass is 16.5. The topological polar surface area (TPSA) is 68.6 Å². The van der Waals surface area contributed by atoms with Crippen LogP contribution in [0.4, 0.5) is 10.5 Å². The van der Waals surface area contributed by atoms with Gasteiger partial charge in [-0.3, -0.25) is 4.68 Å². The van der Waals surface area contributed by atoms with E-state index in [0.717, 1.165) is 31.4 Å². The molecule has 2 amide bonds. The monoisotopic (exact) mass is 398 g/mol. The van der Waals surface area contributed by atoms with Crippen molar-refractivity contribution in [3.8, 4) is 11.5 Å². The quantitative estimate of drug-likeness (QED) is 0.755. The second kappa shape index (κ2) is 8.35. The Balaban J connectivity index is 1.55. The number of rotatable bonds is 7. The van der Waals surface area contributed by atoms with Crippen molar-refractivity contribution in [1.82, 2.24) is 14.7 Å². The van der Waals surface area contributed by atoms with Gasteiger partial charge in [0.25, 0.3) is 0 Å². The van der Waals surface area contributed by atoms with Crippen molar-refractivity contribution in [2.45, 2.75) is 57.0 Å². The summed E-state index contributed by atoms with van der Waals surface area (Å²) in [5.41, 5.74) is 2.84. The highest BCUT2D eigenvalue weighted by Gasteiger charge is 2.31. The lowest BCUT2D eigenvalue weighted by molar-refractivity contribution is 0.183. The van der Waals surface area contributed by atoms with Crippen molar-refractivity contribution in [3.63, 3.8) is 0 Å². The Hall–Kier alpha value is -2.70. The highest BCUT2D eigenvalue weighted by Crippen LogP contribution is 2.40. The summed E-state index contributed by atoms with van der Waals surface area (Å²) in [4.78, 5) is 15.2. The molecule has 0 radical (unpaired) electrons. The minimum atomic E-state index is -0.123. The van der Waals surface area contributed by atoms with Gasteiger partial charge < -0.3 is 19.7 Å². The number of nitrogens with zero attached hydrogens (tertiary/aromatic N) is 3. The van der Waals surface area contributed by atoms with Gasteiger partial charge in [-0.1, -0.05) is 18.9 Å². The highest BCUT2D eigenvalue weighted by molar-refractivity contribution is 5.91. The molecule has 7 nitrogen and oxygen atoms in total. The number of methoxy groups -OCH3 is 2. The fourth-order valence-electron chi connectivity index (χ4n) is 4.31. The first-order valence-electron chi connectivity index (χ1n) is 10.4. The second-order valence-electron chi connectivity index (χ2n) is 8.00. The third-order valence-corrected chi connectivity index (χ3v) is 5.97. The number of benzene rings is 1. The van der Waals surface area contributed by atoms with Crippen molar-refractivity contribution in [3.05, 3.63) is 35.7 Å². The molecule has 1 N–H and O–H groups in total. The third-order valence-electron chi connectivity index (χ3n) is 5.97. The zero-order chi connectivity index (χ0) is 20.4. The Morgan fingerprint density at radius 2 is 1.97 bits per heavy atom. The third kappa shape index (κ3) is 4.18. The van der Waals surface area contributed by atoms with Crippen LogP contribution in [0.15, 0.2) is 24.3 Å². The summed E-state index contributed by atoms with van der Waals surface area (Å²) in [5, 5.41) is 7.72. The maximum absolute atomic E-state index is 13.3. The van der Waals surface area contributed by atoms with Crippen LogP contribution in [0.3, 0.4) is 0 Å². The Morgan fingerprint density at radius 1 is 1.21 bits per heavy atom. The minimum absolute atomic E-state index is 0.123. The molecule has 7 heteroatoms. The van der Waals surface area contributed by atoms with E-state index >= 15 is 0 Å². The van der Waals surface area contributed by atoms with Crippen LogP contribution in [0.1, 0.15) is 55.8 Å². The number of urea groups is 1. The van der Waals surface area contributed by atoms with Crippen molar-refractivity contribution in [2.24, 2.45) is 7.05 Å². The predicted molar refractivity (Wildman–Crippen MR) is 112 cm³/mol. The van der Waals surface area contributed by atoms with Gasteiger partial charge >= 0.3 is 6.03 Å². The predicted octanol–water partition coefficient (Wildman–Crippen LogP) is 4.29. The normalized spacial score (nSPS) is 16.7. The number of nitrogens with one attached hydrogen (secondary N) is 1. The number of amides is 2. The van der Waals surface area contributed by atoms with E-state index in [9.17, 15) is 4.79 Å². The summed E-state index contributed by atoms with van der Waals surface area (Å²) in [7, 11) is 5.17. The van der Waals surface area contributed by atoms with Crippen LogP contribution in [0.5, 0.6) is 11.5 Å². The number of anilines is 1. The molecule has 2 saturated carbocycles. The summed E-state index contributed by atoms with van der Waals surface area (Å²) < 4.78 is 12.8. The van der Waals surface area contributed by atoms with Crippen LogP contribution in [0.2, 0.25) is 0 Å². The van der Waals surface area contributed by atoms with Crippen LogP contribution in [0.25, 0.3) is 0 Å². The molecule has 0 unspecified atom stereocenters. The number of hydrogen-bond acceptors (Lipinski definition) is 4. The number of hydrogen-bond donors (Lipinski definition) is 1. The molecular weight excluding hydrogens is 368 g/mol. The van der Waals surface area contributed by atoms with Crippen molar-refractivity contribution >= 4 is 11.7 Å². The van der Waals surface area contributed by atoms with Gasteiger partial charge in [-0.15, -0.1) is 0 Å².